The molecule has 0 amide bonds. The van der Waals surface area contributed by atoms with Gasteiger partial charge in [-0.1, -0.05) is 129 Å². The fraction of sp³-hybridized carbons (Fsp3) is 0.962. The van der Waals surface area contributed by atoms with E-state index in [-0.39, 0.29) is 6.61 Å². The van der Waals surface area contributed by atoms with E-state index in [2.05, 4.69) is 11.7 Å². The third kappa shape index (κ3) is 20.7. The van der Waals surface area contributed by atoms with Gasteiger partial charge in [0.25, 0.3) is 0 Å². The van der Waals surface area contributed by atoms with Crippen molar-refractivity contribution < 1.29 is 19.4 Å². The largest absolute Gasteiger partial charge is 0.467 e. The molecule has 0 spiro atoms. The zero-order valence-electron chi connectivity index (χ0n) is 20.3. The van der Waals surface area contributed by atoms with Crippen LogP contribution in [-0.4, -0.2) is 37.5 Å². The van der Waals surface area contributed by atoms with E-state index in [1.807, 2.05) is 0 Å². The summed E-state index contributed by atoms with van der Waals surface area (Å²) in [5.74, 6) is -0.495. The van der Waals surface area contributed by atoms with Gasteiger partial charge in [0, 0.05) is 6.61 Å². The first-order valence-corrected chi connectivity index (χ1v) is 13.1. The molecular weight excluding hydrogens is 376 g/mol. The molecule has 30 heavy (non-hydrogen) atoms. The fourth-order valence-corrected chi connectivity index (χ4v) is 3.91. The van der Waals surface area contributed by atoms with E-state index < -0.39 is 12.1 Å². The summed E-state index contributed by atoms with van der Waals surface area (Å²) >= 11 is 0. The Morgan fingerprint density at radius 1 is 0.633 bits per heavy atom. The summed E-state index contributed by atoms with van der Waals surface area (Å²) in [6.45, 7) is 2.48. The molecule has 0 aromatic carbocycles. The van der Waals surface area contributed by atoms with Crippen LogP contribution in [0, 0.1) is 0 Å². The average Bonchev–Trinajstić information content (AvgIpc) is 2.77. The second-order valence-electron chi connectivity index (χ2n) is 8.78. The number of aliphatic hydroxyl groups excluding tert-OH is 1. The van der Waals surface area contributed by atoms with E-state index in [0.29, 0.717) is 6.61 Å². The highest BCUT2D eigenvalue weighted by molar-refractivity contribution is 5.74. The minimum absolute atomic E-state index is 0.314. The maximum Gasteiger partial charge on any atom is 0.337 e. The van der Waals surface area contributed by atoms with Crippen LogP contribution in [0.5, 0.6) is 0 Å². The van der Waals surface area contributed by atoms with Gasteiger partial charge >= 0.3 is 5.97 Å². The summed E-state index contributed by atoms with van der Waals surface area (Å²) in [5, 5.41) is 9.07. The van der Waals surface area contributed by atoms with Crippen LogP contribution in [0.2, 0.25) is 0 Å². The number of carbonyl (C=O) groups excluding carboxylic acids is 1. The van der Waals surface area contributed by atoms with Crippen LogP contribution in [0.3, 0.4) is 0 Å². The maximum atomic E-state index is 11.3. The SMILES string of the molecule is CCCCCCCCCCCCCCCCCCCCCCOC(CO)C(=O)OC. The zero-order valence-corrected chi connectivity index (χ0v) is 20.3. The topological polar surface area (TPSA) is 55.8 Å². The van der Waals surface area contributed by atoms with Gasteiger partial charge in [-0.2, -0.15) is 0 Å². The second kappa shape index (κ2) is 24.7. The number of ether oxygens (including phenoxy) is 2. The molecule has 1 atom stereocenters. The third-order valence-corrected chi connectivity index (χ3v) is 5.95. The Kier molecular flexibility index (Phi) is 24.2. The molecule has 0 aliphatic carbocycles. The van der Waals surface area contributed by atoms with Gasteiger partial charge in [0.2, 0.25) is 0 Å². The first kappa shape index (κ1) is 29.4. The minimum Gasteiger partial charge on any atom is -0.467 e. The summed E-state index contributed by atoms with van der Waals surface area (Å²) in [6.07, 6.45) is 26.4. The van der Waals surface area contributed by atoms with Gasteiger partial charge in [0.15, 0.2) is 6.10 Å². The fourth-order valence-electron chi connectivity index (χ4n) is 3.91. The van der Waals surface area contributed by atoms with E-state index in [0.717, 1.165) is 12.8 Å². The Hall–Kier alpha value is -0.610. The van der Waals surface area contributed by atoms with Gasteiger partial charge in [-0.15, -0.1) is 0 Å². The first-order valence-electron chi connectivity index (χ1n) is 13.1. The zero-order chi connectivity index (χ0) is 22.1. The molecule has 1 unspecified atom stereocenters. The van der Waals surface area contributed by atoms with Gasteiger partial charge in [0.05, 0.1) is 13.7 Å². The Morgan fingerprint density at radius 2 is 0.967 bits per heavy atom. The number of methoxy groups -OCH3 is 1. The third-order valence-electron chi connectivity index (χ3n) is 5.95. The molecule has 1 N–H and O–H groups in total. The Morgan fingerprint density at radius 3 is 1.27 bits per heavy atom. The molecule has 0 aromatic heterocycles. The van der Waals surface area contributed by atoms with Crippen molar-refractivity contribution in [2.24, 2.45) is 0 Å². The highest BCUT2D eigenvalue weighted by Gasteiger charge is 2.17. The number of hydrogen-bond acceptors (Lipinski definition) is 4. The number of aliphatic hydroxyl groups is 1. The van der Waals surface area contributed by atoms with Crippen LogP contribution in [0.15, 0.2) is 0 Å². The van der Waals surface area contributed by atoms with Crippen molar-refractivity contribution in [2.45, 2.75) is 141 Å². The predicted molar refractivity (Wildman–Crippen MR) is 127 cm³/mol. The number of carbonyl (C=O) groups is 1. The lowest BCUT2D eigenvalue weighted by atomic mass is 10.0. The van der Waals surface area contributed by atoms with Crippen molar-refractivity contribution in [3.05, 3.63) is 0 Å². The molecule has 0 fully saturated rings. The van der Waals surface area contributed by atoms with Crippen molar-refractivity contribution >= 4 is 5.97 Å². The summed E-state index contributed by atoms with van der Waals surface area (Å²) in [6, 6.07) is 0. The van der Waals surface area contributed by atoms with E-state index in [9.17, 15) is 4.79 Å². The molecule has 0 bridgehead atoms. The van der Waals surface area contributed by atoms with E-state index in [1.165, 1.54) is 123 Å². The van der Waals surface area contributed by atoms with Gasteiger partial charge in [-0.05, 0) is 6.42 Å². The molecule has 180 valence electrons. The van der Waals surface area contributed by atoms with Crippen LogP contribution < -0.4 is 0 Å². The van der Waals surface area contributed by atoms with Crippen molar-refractivity contribution in [1.82, 2.24) is 0 Å². The van der Waals surface area contributed by atoms with Gasteiger partial charge in [0.1, 0.15) is 0 Å². The Bertz CT molecular complexity index is 346. The van der Waals surface area contributed by atoms with E-state index in [4.69, 9.17) is 9.84 Å². The van der Waals surface area contributed by atoms with Crippen LogP contribution in [0.25, 0.3) is 0 Å². The van der Waals surface area contributed by atoms with Crippen molar-refractivity contribution in [3.8, 4) is 0 Å². The highest BCUT2D eigenvalue weighted by atomic mass is 16.6. The standard InChI is InChI=1S/C26H52O4/c1-3-4-5-6-7-8-9-10-11-12-13-14-15-16-17-18-19-20-21-22-23-30-25(24-27)26(28)29-2/h25,27H,3-24H2,1-2H3. The monoisotopic (exact) mass is 428 g/mol. The lowest BCUT2D eigenvalue weighted by Gasteiger charge is -2.12. The highest BCUT2D eigenvalue weighted by Crippen LogP contribution is 2.14. The Labute approximate surface area is 187 Å². The second-order valence-corrected chi connectivity index (χ2v) is 8.78. The molecule has 0 saturated carbocycles. The van der Waals surface area contributed by atoms with Crippen molar-refractivity contribution in [3.63, 3.8) is 0 Å². The Balaban J connectivity index is 3.14. The molecule has 0 heterocycles. The van der Waals surface area contributed by atoms with Crippen LogP contribution in [0.4, 0.5) is 0 Å². The molecule has 0 saturated heterocycles. The lowest BCUT2D eigenvalue weighted by molar-refractivity contribution is -0.156. The van der Waals surface area contributed by atoms with E-state index in [1.54, 1.807) is 0 Å². The molecule has 0 aliphatic rings. The van der Waals surface area contributed by atoms with Crippen LogP contribution in [-0.2, 0) is 14.3 Å². The van der Waals surface area contributed by atoms with Crippen LogP contribution >= 0.6 is 0 Å². The molecule has 0 aromatic rings. The predicted octanol–water partition coefficient (Wildman–Crippen LogP) is 7.36. The summed E-state index contributed by atoms with van der Waals surface area (Å²) in [7, 11) is 1.31. The molecule has 4 nitrogen and oxygen atoms in total. The number of rotatable bonds is 24. The number of hydrogen-bond donors (Lipinski definition) is 1. The summed E-state index contributed by atoms with van der Waals surface area (Å²) in [4.78, 5) is 11.3. The van der Waals surface area contributed by atoms with Crippen molar-refractivity contribution in [1.29, 1.82) is 0 Å². The van der Waals surface area contributed by atoms with Crippen molar-refractivity contribution in [2.75, 3.05) is 20.3 Å². The minimum atomic E-state index is -0.824. The quantitative estimate of drug-likeness (QED) is 0.129. The molecule has 4 heteroatoms. The molecular formula is C26H52O4. The number of esters is 1. The van der Waals surface area contributed by atoms with Gasteiger partial charge < -0.3 is 14.6 Å². The van der Waals surface area contributed by atoms with Gasteiger partial charge in [-0.25, -0.2) is 4.79 Å². The first-order chi connectivity index (χ1) is 14.8. The molecule has 0 radical (unpaired) electrons. The summed E-state index contributed by atoms with van der Waals surface area (Å²) in [5.41, 5.74) is 0. The lowest BCUT2D eigenvalue weighted by Crippen LogP contribution is -2.29. The maximum absolute atomic E-state index is 11.3. The van der Waals surface area contributed by atoms with Crippen LogP contribution in [0.1, 0.15) is 135 Å². The molecule has 0 rings (SSSR count). The normalized spacial score (nSPS) is 12.2. The van der Waals surface area contributed by atoms with Gasteiger partial charge in [-0.3, -0.25) is 0 Å². The average molecular weight is 429 g/mol. The smallest absolute Gasteiger partial charge is 0.337 e. The number of unbranched alkanes of at least 4 members (excludes halogenated alkanes) is 19. The molecule has 0 aliphatic heterocycles. The summed E-state index contributed by atoms with van der Waals surface area (Å²) < 4.78 is 9.93. The van der Waals surface area contributed by atoms with E-state index >= 15 is 0 Å².